The number of aryl methyl sites for hydroxylation is 1. The van der Waals surface area contributed by atoms with E-state index >= 15 is 0 Å². The molecule has 0 saturated carbocycles. The fraction of sp³-hybridized carbons (Fsp3) is 0.346. The van der Waals surface area contributed by atoms with Crippen molar-refractivity contribution in [3.8, 4) is 0 Å². The van der Waals surface area contributed by atoms with Crippen LogP contribution in [0, 0.1) is 5.92 Å². The lowest BCUT2D eigenvalue weighted by atomic mass is 9.97. The van der Waals surface area contributed by atoms with Gasteiger partial charge in [-0.3, -0.25) is 4.99 Å². The van der Waals surface area contributed by atoms with Crippen LogP contribution in [0.3, 0.4) is 0 Å². The van der Waals surface area contributed by atoms with E-state index in [2.05, 4.69) is 26.8 Å². The fourth-order valence-electron chi connectivity index (χ4n) is 3.39. The normalized spacial score (nSPS) is 15.3. The van der Waals surface area contributed by atoms with Crippen molar-refractivity contribution in [1.29, 1.82) is 0 Å². The molecule has 32 heavy (non-hydrogen) atoms. The lowest BCUT2D eigenvalue weighted by molar-refractivity contribution is 0.637. The van der Waals surface area contributed by atoms with Crippen LogP contribution in [-0.4, -0.2) is 16.9 Å². The number of nitrogens with two attached hydrogens (primary N) is 3. The van der Waals surface area contributed by atoms with Crippen molar-refractivity contribution in [2.24, 2.45) is 35.2 Å². The minimum Gasteiger partial charge on any atom is -0.397 e. The second kappa shape index (κ2) is 12.2. The standard InChI is InChI=1S/C26H36ClN5/c1-5-7-12-20(18(3)6-2)17-31-26(30)22(25(29)21-15-11-16-32(21)4)23(27)24(28)19-13-9-8-10-14-19/h8-16,18H,5-7,17,28-29H2,1-4H3,(H2,30,31)/b20-12-,24-23+,25-22?. The summed E-state index contributed by atoms with van der Waals surface area (Å²) in [5.41, 5.74) is 23.7. The quantitative estimate of drug-likeness (QED) is 0.195. The highest BCUT2D eigenvalue weighted by atomic mass is 35.5. The van der Waals surface area contributed by atoms with E-state index in [9.17, 15) is 0 Å². The van der Waals surface area contributed by atoms with Crippen molar-refractivity contribution < 1.29 is 0 Å². The molecule has 1 unspecified atom stereocenters. The molecule has 0 aliphatic carbocycles. The maximum absolute atomic E-state index is 6.81. The number of rotatable bonds is 10. The third-order valence-electron chi connectivity index (χ3n) is 5.66. The average molecular weight is 454 g/mol. The average Bonchev–Trinajstić information content (AvgIpc) is 3.24. The highest BCUT2D eigenvalue weighted by molar-refractivity contribution is 6.39. The van der Waals surface area contributed by atoms with Gasteiger partial charge in [-0.05, 0) is 36.5 Å². The van der Waals surface area contributed by atoms with E-state index in [1.54, 1.807) is 0 Å². The zero-order valence-corrected chi connectivity index (χ0v) is 20.4. The van der Waals surface area contributed by atoms with Crippen LogP contribution in [0.25, 0.3) is 11.4 Å². The minimum atomic E-state index is 0.276. The summed E-state index contributed by atoms with van der Waals surface area (Å²) >= 11 is 6.81. The first-order valence-electron chi connectivity index (χ1n) is 11.1. The van der Waals surface area contributed by atoms with Crippen LogP contribution in [-0.2, 0) is 7.05 Å². The molecule has 6 heteroatoms. The monoisotopic (exact) mass is 453 g/mol. The summed E-state index contributed by atoms with van der Waals surface area (Å²) in [7, 11) is 1.92. The summed E-state index contributed by atoms with van der Waals surface area (Å²) in [4.78, 5) is 4.71. The molecule has 0 radical (unpaired) electrons. The van der Waals surface area contributed by atoms with Crippen LogP contribution in [0.15, 0.2) is 75.9 Å². The van der Waals surface area contributed by atoms with Crippen molar-refractivity contribution in [3.05, 3.63) is 82.2 Å². The van der Waals surface area contributed by atoms with Gasteiger partial charge in [0.25, 0.3) is 0 Å². The molecule has 0 spiro atoms. The van der Waals surface area contributed by atoms with Crippen LogP contribution in [0.2, 0.25) is 0 Å². The zero-order valence-electron chi connectivity index (χ0n) is 19.6. The molecule has 2 rings (SSSR count). The molecular weight excluding hydrogens is 418 g/mol. The predicted octanol–water partition coefficient (Wildman–Crippen LogP) is 5.39. The predicted molar refractivity (Wildman–Crippen MR) is 139 cm³/mol. The molecule has 6 N–H and O–H groups in total. The molecular formula is C26H36ClN5. The Bertz CT molecular complexity index is 1010. The summed E-state index contributed by atoms with van der Waals surface area (Å²) in [5, 5.41) is 0.291. The Morgan fingerprint density at radius 1 is 1.06 bits per heavy atom. The number of hydrogen-bond donors (Lipinski definition) is 3. The molecule has 0 fully saturated rings. The molecule has 5 nitrogen and oxygen atoms in total. The van der Waals surface area contributed by atoms with E-state index in [1.165, 1.54) is 5.57 Å². The lowest BCUT2D eigenvalue weighted by Gasteiger charge is -2.16. The molecule has 0 aliphatic rings. The third kappa shape index (κ3) is 6.30. The van der Waals surface area contributed by atoms with E-state index in [0.717, 1.165) is 30.5 Å². The summed E-state index contributed by atoms with van der Waals surface area (Å²) in [6.07, 6.45) is 7.34. The molecule has 172 valence electrons. The number of aromatic nitrogens is 1. The second-order valence-electron chi connectivity index (χ2n) is 7.97. The van der Waals surface area contributed by atoms with Gasteiger partial charge in [0.15, 0.2) is 0 Å². The highest BCUT2D eigenvalue weighted by Gasteiger charge is 2.19. The lowest BCUT2D eigenvalue weighted by Crippen LogP contribution is -2.22. The number of nitrogens with zero attached hydrogens (tertiary/aromatic N) is 2. The second-order valence-corrected chi connectivity index (χ2v) is 8.34. The van der Waals surface area contributed by atoms with Crippen molar-refractivity contribution in [2.45, 2.75) is 40.0 Å². The molecule has 1 heterocycles. The molecule has 2 aromatic rings. The van der Waals surface area contributed by atoms with Crippen LogP contribution in [0.4, 0.5) is 0 Å². The van der Waals surface area contributed by atoms with E-state index < -0.39 is 0 Å². The Morgan fingerprint density at radius 3 is 2.31 bits per heavy atom. The largest absolute Gasteiger partial charge is 0.397 e. The molecule has 1 aromatic heterocycles. The number of allylic oxidation sites excluding steroid dienone is 1. The van der Waals surface area contributed by atoms with Gasteiger partial charge < -0.3 is 21.8 Å². The molecule has 0 aliphatic heterocycles. The summed E-state index contributed by atoms with van der Waals surface area (Å²) in [6.45, 7) is 7.06. The van der Waals surface area contributed by atoms with Gasteiger partial charge in [-0.1, -0.05) is 80.8 Å². The molecule has 0 saturated heterocycles. The SMILES string of the molecule is CCC/C=C(/CN=C(N)C(=C(N)c1cccn1C)/C(Cl)=C(\N)c1ccccc1)C(C)CC. The van der Waals surface area contributed by atoms with E-state index in [-0.39, 0.29) is 5.84 Å². The molecule has 1 atom stereocenters. The Balaban J connectivity index is 2.59. The summed E-state index contributed by atoms with van der Waals surface area (Å²) in [6, 6.07) is 13.4. The Labute approximate surface area is 197 Å². The first kappa shape index (κ1) is 25.3. The Hall–Kier alpha value is -2.92. The number of unbranched alkanes of at least 4 members (excludes halogenated alkanes) is 1. The maximum Gasteiger partial charge on any atom is 0.129 e. The van der Waals surface area contributed by atoms with Gasteiger partial charge in [-0.15, -0.1) is 0 Å². The van der Waals surface area contributed by atoms with Crippen molar-refractivity contribution in [3.63, 3.8) is 0 Å². The van der Waals surface area contributed by atoms with E-state index in [1.807, 2.05) is 60.3 Å². The molecule has 0 amide bonds. The van der Waals surface area contributed by atoms with Gasteiger partial charge in [0.2, 0.25) is 0 Å². The van der Waals surface area contributed by atoms with Gasteiger partial charge in [-0.2, -0.15) is 0 Å². The number of amidine groups is 1. The van der Waals surface area contributed by atoms with E-state index in [0.29, 0.717) is 34.5 Å². The summed E-state index contributed by atoms with van der Waals surface area (Å²) in [5.74, 6) is 0.703. The molecule has 0 bridgehead atoms. The number of aliphatic imine (C=N–C) groups is 1. The van der Waals surface area contributed by atoms with Crippen molar-refractivity contribution in [2.75, 3.05) is 6.54 Å². The highest BCUT2D eigenvalue weighted by Crippen LogP contribution is 2.28. The van der Waals surface area contributed by atoms with Crippen LogP contribution in [0.1, 0.15) is 51.3 Å². The van der Waals surface area contributed by atoms with Gasteiger partial charge in [0.05, 0.1) is 34.2 Å². The number of benzene rings is 1. The Kier molecular flexibility index (Phi) is 9.66. The van der Waals surface area contributed by atoms with Gasteiger partial charge >= 0.3 is 0 Å². The first-order valence-corrected chi connectivity index (χ1v) is 11.5. The third-order valence-corrected chi connectivity index (χ3v) is 6.05. The zero-order chi connectivity index (χ0) is 23.7. The number of hydrogen-bond acceptors (Lipinski definition) is 3. The first-order chi connectivity index (χ1) is 15.3. The summed E-state index contributed by atoms with van der Waals surface area (Å²) < 4.78 is 1.91. The van der Waals surface area contributed by atoms with Crippen LogP contribution in [0.5, 0.6) is 0 Å². The minimum absolute atomic E-state index is 0.276. The van der Waals surface area contributed by atoms with Gasteiger partial charge in [-0.25, -0.2) is 0 Å². The molecule has 1 aromatic carbocycles. The van der Waals surface area contributed by atoms with Crippen molar-refractivity contribution >= 4 is 28.8 Å². The van der Waals surface area contributed by atoms with E-state index in [4.69, 9.17) is 33.8 Å². The smallest absolute Gasteiger partial charge is 0.129 e. The Morgan fingerprint density at radius 2 is 1.75 bits per heavy atom. The van der Waals surface area contributed by atoms with Gasteiger partial charge in [0, 0.05) is 13.2 Å². The number of halogens is 1. The topological polar surface area (TPSA) is 95.3 Å². The maximum atomic E-state index is 6.81. The van der Waals surface area contributed by atoms with Crippen LogP contribution >= 0.6 is 11.6 Å². The fourth-order valence-corrected chi connectivity index (χ4v) is 3.69. The van der Waals surface area contributed by atoms with Crippen molar-refractivity contribution in [1.82, 2.24) is 4.57 Å². The van der Waals surface area contributed by atoms with Crippen LogP contribution < -0.4 is 17.2 Å². The van der Waals surface area contributed by atoms with Gasteiger partial charge in [0.1, 0.15) is 5.84 Å².